The number of likely N-dealkylation sites (tertiary alicyclic amines) is 1. The minimum atomic E-state index is -3.60. The lowest BCUT2D eigenvalue weighted by Gasteiger charge is -2.36. The van der Waals surface area contributed by atoms with Crippen molar-refractivity contribution in [3.8, 4) is 0 Å². The molecule has 0 spiro atoms. The van der Waals surface area contributed by atoms with E-state index < -0.39 is 10.0 Å². The third-order valence-corrected chi connectivity index (χ3v) is 7.00. The smallest absolute Gasteiger partial charge is 0.253 e. The quantitative estimate of drug-likeness (QED) is 0.731. The molecule has 2 heterocycles. The van der Waals surface area contributed by atoms with Crippen LogP contribution >= 0.6 is 0 Å². The van der Waals surface area contributed by atoms with E-state index in [1.165, 1.54) is 18.6 Å². The minimum Gasteiger partial charge on any atom is -0.342 e. The van der Waals surface area contributed by atoms with Crippen molar-refractivity contribution in [1.82, 2.24) is 19.4 Å². The third kappa shape index (κ3) is 5.55. The van der Waals surface area contributed by atoms with Crippen molar-refractivity contribution >= 4 is 21.8 Å². The number of carbonyl (C=O) groups is 2. The fourth-order valence-electron chi connectivity index (χ4n) is 3.80. The van der Waals surface area contributed by atoms with Gasteiger partial charge in [-0.15, -0.1) is 0 Å². The molecule has 1 aromatic rings. The number of piperidine rings is 1. The first-order chi connectivity index (χ1) is 13.9. The molecule has 0 saturated carbocycles. The summed E-state index contributed by atoms with van der Waals surface area (Å²) in [5.41, 5.74) is 0.363. The lowest BCUT2D eigenvalue weighted by molar-refractivity contribution is -0.133. The van der Waals surface area contributed by atoms with E-state index in [1.54, 1.807) is 24.0 Å². The van der Waals surface area contributed by atoms with Crippen LogP contribution in [-0.4, -0.2) is 87.3 Å². The van der Waals surface area contributed by atoms with Gasteiger partial charge in [-0.3, -0.25) is 14.5 Å². The van der Waals surface area contributed by atoms with E-state index in [0.717, 1.165) is 25.9 Å². The fraction of sp³-hybridized carbons (Fsp3) is 0.600. The lowest BCUT2D eigenvalue weighted by Crippen LogP contribution is -2.52. The Kier molecular flexibility index (Phi) is 7.26. The maximum absolute atomic E-state index is 12.8. The van der Waals surface area contributed by atoms with Gasteiger partial charge in [-0.05, 0) is 37.5 Å². The summed E-state index contributed by atoms with van der Waals surface area (Å²) in [6, 6.07) is 6.13. The molecule has 0 aromatic heterocycles. The van der Waals surface area contributed by atoms with Gasteiger partial charge < -0.3 is 9.80 Å². The Morgan fingerprint density at radius 1 is 0.966 bits per heavy atom. The molecule has 2 saturated heterocycles. The Labute approximate surface area is 172 Å². The highest BCUT2D eigenvalue weighted by Gasteiger charge is 2.26. The molecule has 2 aliphatic rings. The van der Waals surface area contributed by atoms with Crippen molar-refractivity contribution in [2.75, 3.05) is 52.4 Å². The van der Waals surface area contributed by atoms with Gasteiger partial charge in [-0.1, -0.05) is 13.0 Å². The molecule has 29 heavy (non-hydrogen) atoms. The molecule has 160 valence electrons. The number of piperazine rings is 1. The van der Waals surface area contributed by atoms with E-state index in [1.807, 2.05) is 4.90 Å². The van der Waals surface area contributed by atoms with E-state index in [0.29, 0.717) is 44.8 Å². The van der Waals surface area contributed by atoms with E-state index in [-0.39, 0.29) is 16.7 Å². The second kappa shape index (κ2) is 9.69. The largest absolute Gasteiger partial charge is 0.342 e. The molecule has 2 aliphatic heterocycles. The van der Waals surface area contributed by atoms with E-state index >= 15 is 0 Å². The summed E-state index contributed by atoms with van der Waals surface area (Å²) in [5, 5.41) is 0. The Balaban J connectivity index is 1.55. The predicted octanol–water partition coefficient (Wildman–Crippen LogP) is 0.755. The number of rotatable bonds is 6. The summed E-state index contributed by atoms with van der Waals surface area (Å²) in [6.07, 6.45) is 3.36. The topological polar surface area (TPSA) is 90.0 Å². The number of sulfonamides is 1. The molecule has 0 aliphatic carbocycles. The van der Waals surface area contributed by atoms with E-state index in [9.17, 15) is 18.0 Å². The van der Waals surface area contributed by atoms with Gasteiger partial charge in [0.05, 0.1) is 11.4 Å². The van der Waals surface area contributed by atoms with E-state index in [4.69, 9.17) is 0 Å². The van der Waals surface area contributed by atoms with Crippen molar-refractivity contribution < 1.29 is 18.0 Å². The van der Waals surface area contributed by atoms with E-state index in [2.05, 4.69) is 9.62 Å². The molecule has 8 nitrogen and oxygen atoms in total. The highest BCUT2D eigenvalue weighted by molar-refractivity contribution is 7.89. The molecule has 1 N–H and O–H groups in total. The lowest BCUT2D eigenvalue weighted by atomic mass is 10.1. The number of nitrogens with one attached hydrogen (secondary N) is 1. The normalized spacial score (nSPS) is 18.7. The van der Waals surface area contributed by atoms with Gasteiger partial charge in [0.25, 0.3) is 5.91 Å². The molecule has 3 rings (SSSR count). The van der Waals surface area contributed by atoms with Crippen LogP contribution in [0.15, 0.2) is 29.2 Å². The first-order valence-electron chi connectivity index (χ1n) is 10.3. The molecule has 0 bridgehead atoms. The number of carbonyl (C=O) groups excluding carboxylic acids is 2. The Morgan fingerprint density at radius 3 is 2.31 bits per heavy atom. The summed E-state index contributed by atoms with van der Waals surface area (Å²) in [6.45, 7) is 6.43. The van der Waals surface area contributed by atoms with Gasteiger partial charge in [0.15, 0.2) is 0 Å². The number of nitrogens with zero attached hydrogens (tertiary/aromatic N) is 3. The Hall–Kier alpha value is -1.97. The van der Waals surface area contributed by atoms with Gasteiger partial charge >= 0.3 is 0 Å². The number of benzene rings is 1. The van der Waals surface area contributed by atoms with Gasteiger partial charge in [-0.2, -0.15) is 0 Å². The van der Waals surface area contributed by atoms with Gasteiger partial charge in [0.2, 0.25) is 15.9 Å². The third-order valence-electron chi connectivity index (χ3n) is 5.45. The maximum Gasteiger partial charge on any atom is 0.253 e. The standard InChI is InChI=1S/C20H30N4O4S/c1-2-21-29(27,28)18-8-6-7-17(15-18)20(26)24-13-11-22(12-14-24)16-19(25)23-9-4-3-5-10-23/h6-8,15,21H,2-5,9-14,16H2,1H3. The summed E-state index contributed by atoms with van der Waals surface area (Å²) in [7, 11) is -3.60. The van der Waals surface area contributed by atoms with Gasteiger partial charge in [0.1, 0.15) is 0 Å². The van der Waals surface area contributed by atoms with Crippen LogP contribution in [0.25, 0.3) is 0 Å². The first-order valence-corrected chi connectivity index (χ1v) is 11.8. The fourth-order valence-corrected chi connectivity index (χ4v) is 4.88. The molecule has 9 heteroatoms. The van der Waals surface area contributed by atoms with Crippen molar-refractivity contribution in [2.24, 2.45) is 0 Å². The Morgan fingerprint density at radius 2 is 1.66 bits per heavy atom. The van der Waals surface area contributed by atoms with Crippen LogP contribution in [-0.2, 0) is 14.8 Å². The molecule has 0 atom stereocenters. The molecule has 0 radical (unpaired) electrons. The highest BCUT2D eigenvalue weighted by Crippen LogP contribution is 2.15. The molecule has 2 amide bonds. The molecule has 2 fully saturated rings. The molecule has 1 aromatic carbocycles. The molecule has 0 unspecified atom stereocenters. The zero-order chi connectivity index (χ0) is 20.9. The zero-order valence-electron chi connectivity index (χ0n) is 17.0. The second-order valence-electron chi connectivity index (χ2n) is 7.54. The van der Waals surface area contributed by atoms with Crippen LogP contribution in [0.5, 0.6) is 0 Å². The zero-order valence-corrected chi connectivity index (χ0v) is 17.8. The van der Waals surface area contributed by atoms with Crippen LogP contribution in [0, 0.1) is 0 Å². The summed E-state index contributed by atoms with van der Waals surface area (Å²) in [5.74, 6) is -0.00800. The van der Waals surface area contributed by atoms with Crippen molar-refractivity contribution in [3.63, 3.8) is 0 Å². The number of hydrogen-bond acceptors (Lipinski definition) is 5. The average Bonchev–Trinajstić information content (AvgIpc) is 2.74. The molecular formula is C20H30N4O4S. The number of hydrogen-bond donors (Lipinski definition) is 1. The van der Waals surface area contributed by atoms with Crippen molar-refractivity contribution in [3.05, 3.63) is 29.8 Å². The van der Waals surface area contributed by atoms with Gasteiger partial charge in [-0.25, -0.2) is 13.1 Å². The van der Waals surface area contributed by atoms with Crippen LogP contribution in [0.4, 0.5) is 0 Å². The predicted molar refractivity (Wildman–Crippen MR) is 110 cm³/mol. The van der Waals surface area contributed by atoms with Gasteiger partial charge in [0, 0.05) is 51.4 Å². The van der Waals surface area contributed by atoms with Crippen molar-refractivity contribution in [2.45, 2.75) is 31.1 Å². The van der Waals surface area contributed by atoms with Crippen LogP contribution < -0.4 is 4.72 Å². The summed E-state index contributed by atoms with van der Waals surface area (Å²) in [4.78, 5) is 31.1. The van der Waals surface area contributed by atoms with Crippen LogP contribution in [0.2, 0.25) is 0 Å². The second-order valence-corrected chi connectivity index (χ2v) is 9.31. The maximum atomic E-state index is 12.8. The highest BCUT2D eigenvalue weighted by atomic mass is 32.2. The summed E-state index contributed by atoms with van der Waals surface area (Å²) < 4.78 is 26.8. The van der Waals surface area contributed by atoms with Crippen LogP contribution in [0.1, 0.15) is 36.5 Å². The monoisotopic (exact) mass is 422 g/mol. The van der Waals surface area contributed by atoms with Crippen LogP contribution in [0.3, 0.4) is 0 Å². The first kappa shape index (κ1) is 21.7. The minimum absolute atomic E-state index is 0.0935. The SMILES string of the molecule is CCNS(=O)(=O)c1cccc(C(=O)N2CCN(CC(=O)N3CCCCC3)CC2)c1. The number of amides is 2. The average molecular weight is 423 g/mol. The Bertz CT molecular complexity index is 829. The van der Waals surface area contributed by atoms with Crippen molar-refractivity contribution in [1.29, 1.82) is 0 Å². The summed E-state index contributed by atoms with van der Waals surface area (Å²) >= 11 is 0. The molecular weight excluding hydrogens is 392 g/mol.